The van der Waals surface area contributed by atoms with Gasteiger partial charge in [0.15, 0.2) is 0 Å². The summed E-state index contributed by atoms with van der Waals surface area (Å²) >= 11 is 3.20. The van der Waals surface area contributed by atoms with Crippen molar-refractivity contribution in [1.82, 2.24) is 4.98 Å². The number of rotatable bonds is 3. The van der Waals surface area contributed by atoms with Crippen LogP contribution >= 0.6 is 15.9 Å². The van der Waals surface area contributed by atoms with Gasteiger partial charge in [-0.05, 0) is 53.0 Å². The molecule has 0 saturated carbocycles. The fourth-order valence-electron chi connectivity index (χ4n) is 1.72. The van der Waals surface area contributed by atoms with Crippen LogP contribution in [0.1, 0.15) is 11.1 Å². The molecule has 0 saturated heterocycles. The van der Waals surface area contributed by atoms with Crippen molar-refractivity contribution in [1.29, 1.82) is 0 Å². The molecular weight excluding hydrogens is 342 g/mol. The van der Waals surface area contributed by atoms with Gasteiger partial charge in [-0.2, -0.15) is 0 Å². The highest BCUT2D eigenvalue weighted by Gasteiger charge is 2.17. The number of pyridine rings is 1. The van der Waals surface area contributed by atoms with Crippen molar-refractivity contribution < 1.29 is 8.42 Å². The number of hydrogen-bond acceptors (Lipinski definition) is 4. The summed E-state index contributed by atoms with van der Waals surface area (Å²) in [6.07, 6.45) is 2.81. The molecule has 0 atom stereocenters. The smallest absolute Gasteiger partial charge is 0.263 e. The molecule has 106 valence electrons. The first-order chi connectivity index (χ1) is 9.31. The SMILES string of the molecule is Cc1ccc(NS(=O)(=O)c2cncc(Br)c2)c(C)c1N. The van der Waals surface area contributed by atoms with Gasteiger partial charge >= 0.3 is 0 Å². The number of nitrogens with one attached hydrogen (secondary N) is 1. The van der Waals surface area contributed by atoms with Crippen molar-refractivity contribution >= 4 is 37.3 Å². The first kappa shape index (κ1) is 14.8. The number of hydrogen-bond donors (Lipinski definition) is 2. The van der Waals surface area contributed by atoms with E-state index in [0.29, 0.717) is 21.4 Å². The summed E-state index contributed by atoms with van der Waals surface area (Å²) in [6.45, 7) is 3.65. The number of benzene rings is 1. The largest absolute Gasteiger partial charge is 0.398 e. The van der Waals surface area contributed by atoms with Gasteiger partial charge in [-0.15, -0.1) is 0 Å². The van der Waals surface area contributed by atoms with E-state index in [4.69, 9.17) is 5.73 Å². The van der Waals surface area contributed by atoms with Crippen LogP contribution in [0.15, 0.2) is 40.0 Å². The molecule has 5 nitrogen and oxygen atoms in total. The van der Waals surface area contributed by atoms with E-state index in [-0.39, 0.29) is 4.90 Å². The van der Waals surface area contributed by atoms with Crippen molar-refractivity contribution in [2.45, 2.75) is 18.7 Å². The molecule has 0 unspecified atom stereocenters. The molecule has 0 bridgehead atoms. The highest BCUT2D eigenvalue weighted by atomic mass is 79.9. The zero-order valence-corrected chi connectivity index (χ0v) is 13.4. The summed E-state index contributed by atoms with van der Waals surface area (Å²) < 4.78 is 27.7. The first-order valence-electron chi connectivity index (χ1n) is 5.80. The maximum atomic E-state index is 12.3. The van der Waals surface area contributed by atoms with Gasteiger partial charge in [0.25, 0.3) is 10.0 Å². The number of anilines is 2. The molecule has 0 amide bonds. The minimum Gasteiger partial charge on any atom is -0.398 e. The van der Waals surface area contributed by atoms with Crippen LogP contribution in [-0.2, 0) is 10.0 Å². The zero-order valence-electron chi connectivity index (χ0n) is 11.0. The summed E-state index contributed by atoms with van der Waals surface area (Å²) in [5.74, 6) is 0. The van der Waals surface area contributed by atoms with E-state index in [1.54, 1.807) is 19.1 Å². The monoisotopic (exact) mass is 355 g/mol. The van der Waals surface area contributed by atoms with E-state index in [9.17, 15) is 8.42 Å². The molecule has 20 heavy (non-hydrogen) atoms. The fourth-order valence-corrected chi connectivity index (χ4v) is 3.34. The van der Waals surface area contributed by atoms with E-state index >= 15 is 0 Å². The van der Waals surface area contributed by atoms with Gasteiger partial charge in [0.05, 0.1) is 5.69 Å². The highest BCUT2D eigenvalue weighted by molar-refractivity contribution is 9.10. The molecule has 7 heteroatoms. The molecule has 0 aliphatic rings. The Hall–Kier alpha value is -1.60. The molecule has 1 aromatic heterocycles. The maximum Gasteiger partial charge on any atom is 0.263 e. The molecular formula is C13H14BrN3O2S. The number of aryl methyl sites for hydroxylation is 1. The Bertz CT molecular complexity index is 760. The number of nitrogens with zero attached hydrogens (tertiary/aromatic N) is 1. The van der Waals surface area contributed by atoms with Gasteiger partial charge in [0.1, 0.15) is 4.90 Å². The van der Waals surface area contributed by atoms with Crippen molar-refractivity contribution in [2.75, 3.05) is 10.5 Å². The molecule has 3 N–H and O–H groups in total. The Balaban J connectivity index is 2.41. The van der Waals surface area contributed by atoms with Gasteiger partial charge < -0.3 is 5.73 Å². The lowest BCUT2D eigenvalue weighted by Crippen LogP contribution is -2.14. The molecule has 0 aliphatic heterocycles. The van der Waals surface area contributed by atoms with Crippen LogP contribution in [0.5, 0.6) is 0 Å². The van der Waals surface area contributed by atoms with Gasteiger partial charge in [-0.1, -0.05) is 6.07 Å². The standard InChI is InChI=1S/C13H14BrN3O2S/c1-8-3-4-12(9(2)13(8)15)17-20(18,19)11-5-10(14)6-16-7-11/h3-7,17H,15H2,1-2H3. The summed E-state index contributed by atoms with van der Waals surface area (Å²) in [6, 6.07) is 4.96. The lowest BCUT2D eigenvalue weighted by molar-refractivity contribution is 0.600. The molecule has 0 fully saturated rings. The second kappa shape index (κ2) is 5.41. The Kier molecular flexibility index (Phi) is 4.01. The molecule has 2 aromatic rings. The van der Waals surface area contributed by atoms with E-state index in [0.717, 1.165) is 5.56 Å². The third-order valence-corrected chi connectivity index (χ3v) is 4.73. The third kappa shape index (κ3) is 2.94. The van der Waals surface area contributed by atoms with Crippen LogP contribution in [0.25, 0.3) is 0 Å². The van der Waals surface area contributed by atoms with Crippen molar-refractivity contribution in [3.05, 3.63) is 46.2 Å². The van der Waals surface area contributed by atoms with Crippen LogP contribution in [-0.4, -0.2) is 13.4 Å². The minimum absolute atomic E-state index is 0.0884. The molecule has 0 aliphatic carbocycles. The number of halogens is 1. The first-order valence-corrected chi connectivity index (χ1v) is 8.08. The Morgan fingerprint density at radius 2 is 1.95 bits per heavy atom. The molecule has 0 radical (unpaired) electrons. The van der Waals surface area contributed by atoms with E-state index in [1.807, 2.05) is 6.92 Å². The summed E-state index contributed by atoms with van der Waals surface area (Å²) in [7, 11) is -3.69. The lowest BCUT2D eigenvalue weighted by Gasteiger charge is -2.13. The van der Waals surface area contributed by atoms with Gasteiger partial charge in [0.2, 0.25) is 0 Å². The van der Waals surface area contributed by atoms with Crippen molar-refractivity contribution in [3.63, 3.8) is 0 Å². The summed E-state index contributed by atoms with van der Waals surface area (Å²) in [5, 5.41) is 0. The molecule has 2 rings (SSSR count). The average molecular weight is 356 g/mol. The topological polar surface area (TPSA) is 85.1 Å². The predicted octanol–water partition coefficient (Wildman–Crippen LogP) is 2.84. The van der Waals surface area contributed by atoms with Gasteiger partial charge in [-0.3, -0.25) is 9.71 Å². The molecule has 0 spiro atoms. The van der Waals surface area contributed by atoms with Gasteiger partial charge in [-0.25, -0.2) is 8.42 Å². The molecule has 1 aromatic carbocycles. The Labute approximate surface area is 126 Å². The Morgan fingerprint density at radius 1 is 1.25 bits per heavy atom. The average Bonchev–Trinajstić information content (AvgIpc) is 2.39. The Morgan fingerprint density at radius 3 is 2.60 bits per heavy atom. The number of aromatic nitrogens is 1. The van der Waals surface area contributed by atoms with Crippen LogP contribution in [0, 0.1) is 13.8 Å². The van der Waals surface area contributed by atoms with E-state index in [1.165, 1.54) is 18.5 Å². The van der Waals surface area contributed by atoms with Gasteiger partial charge in [0, 0.05) is 22.6 Å². The number of nitrogens with two attached hydrogens (primary N) is 1. The van der Waals surface area contributed by atoms with Crippen LogP contribution in [0.2, 0.25) is 0 Å². The zero-order chi connectivity index (χ0) is 14.9. The van der Waals surface area contributed by atoms with Crippen molar-refractivity contribution in [3.8, 4) is 0 Å². The third-order valence-electron chi connectivity index (χ3n) is 2.97. The van der Waals surface area contributed by atoms with E-state index < -0.39 is 10.0 Å². The maximum absolute atomic E-state index is 12.3. The van der Waals surface area contributed by atoms with Crippen molar-refractivity contribution in [2.24, 2.45) is 0 Å². The van der Waals surface area contributed by atoms with E-state index in [2.05, 4.69) is 25.6 Å². The van der Waals surface area contributed by atoms with Crippen LogP contribution in [0.3, 0.4) is 0 Å². The quantitative estimate of drug-likeness (QED) is 0.829. The summed E-state index contributed by atoms with van der Waals surface area (Å²) in [5.41, 5.74) is 8.57. The second-order valence-electron chi connectivity index (χ2n) is 4.41. The fraction of sp³-hybridized carbons (Fsp3) is 0.154. The summed E-state index contributed by atoms with van der Waals surface area (Å²) in [4.78, 5) is 3.94. The second-order valence-corrected chi connectivity index (χ2v) is 7.01. The van der Waals surface area contributed by atoms with Crippen LogP contribution < -0.4 is 10.5 Å². The number of nitrogen functional groups attached to an aromatic ring is 1. The highest BCUT2D eigenvalue weighted by Crippen LogP contribution is 2.26. The molecule has 1 heterocycles. The predicted molar refractivity (Wildman–Crippen MR) is 83.1 cm³/mol. The van der Waals surface area contributed by atoms with Crippen LogP contribution in [0.4, 0.5) is 11.4 Å². The number of sulfonamides is 1. The lowest BCUT2D eigenvalue weighted by atomic mass is 10.1. The minimum atomic E-state index is -3.69. The normalized spacial score (nSPS) is 11.3.